The van der Waals surface area contributed by atoms with Crippen LogP contribution in [0.4, 0.5) is 5.69 Å². The van der Waals surface area contributed by atoms with Crippen LogP contribution in [-0.2, 0) is 9.53 Å². The van der Waals surface area contributed by atoms with Gasteiger partial charge in [0.25, 0.3) is 0 Å². The number of hydrogen-bond acceptors (Lipinski definition) is 5. The van der Waals surface area contributed by atoms with Gasteiger partial charge >= 0.3 is 5.97 Å². The fourth-order valence-electron chi connectivity index (χ4n) is 1.96. The van der Waals surface area contributed by atoms with Gasteiger partial charge in [0.15, 0.2) is 5.78 Å². The number of nitrogens with one attached hydrogen (secondary N) is 1. The molecule has 118 valence electrons. The van der Waals surface area contributed by atoms with E-state index in [1.165, 1.54) is 13.2 Å². The predicted molar refractivity (Wildman–Crippen MR) is 88.9 cm³/mol. The molecule has 0 radical (unpaired) electrons. The van der Waals surface area contributed by atoms with Gasteiger partial charge in [-0.05, 0) is 12.1 Å². The van der Waals surface area contributed by atoms with Crippen molar-refractivity contribution in [2.45, 2.75) is 0 Å². The van der Waals surface area contributed by atoms with E-state index in [4.69, 9.17) is 4.74 Å². The summed E-state index contributed by atoms with van der Waals surface area (Å²) < 4.78 is 4.74. The highest BCUT2D eigenvalue weighted by Crippen LogP contribution is 2.11. The molecule has 2 aromatic carbocycles. The average Bonchev–Trinajstić information content (AvgIpc) is 2.61. The number of nitrogens with zero attached hydrogens (tertiary/aromatic N) is 1. The fourth-order valence-corrected chi connectivity index (χ4v) is 1.96. The van der Waals surface area contributed by atoms with Crippen molar-refractivity contribution in [2.75, 3.05) is 19.2 Å². The smallest absolute Gasteiger partial charge is 0.356 e. The molecule has 0 heterocycles. The summed E-state index contributed by atoms with van der Waals surface area (Å²) in [5, 5.41) is 1.64. The van der Waals surface area contributed by atoms with Gasteiger partial charge in [0.1, 0.15) is 5.70 Å². The zero-order chi connectivity index (χ0) is 16.7. The maximum absolute atomic E-state index is 12.3. The number of carbonyl (C=O) groups excluding carboxylic acids is 2. The van der Waals surface area contributed by atoms with Crippen LogP contribution in [0.5, 0.6) is 0 Å². The third kappa shape index (κ3) is 4.44. The summed E-state index contributed by atoms with van der Waals surface area (Å²) in [5.41, 5.74) is 4.29. The fraction of sp³-hybridized carbons (Fsp3) is 0.111. The molecule has 0 saturated carbocycles. The molecule has 2 aromatic rings. The van der Waals surface area contributed by atoms with Crippen LogP contribution in [0.25, 0.3) is 0 Å². The predicted octanol–water partition coefficient (Wildman–Crippen LogP) is 2.57. The van der Waals surface area contributed by atoms with E-state index in [0.717, 1.165) is 5.69 Å². The number of anilines is 1. The Balaban J connectivity index is 2.22. The summed E-state index contributed by atoms with van der Waals surface area (Å²) in [6.45, 7) is 0. The number of carbonyl (C=O) groups is 2. The zero-order valence-corrected chi connectivity index (χ0v) is 13.0. The first-order valence-corrected chi connectivity index (χ1v) is 7.06. The minimum Gasteiger partial charge on any atom is -0.464 e. The molecule has 23 heavy (non-hydrogen) atoms. The Bertz CT molecular complexity index is 697. The van der Waals surface area contributed by atoms with E-state index < -0.39 is 5.97 Å². The van der Waals surface area contributed by atoms with Crippen LogP contribution in [0.15, 0.2) is 72.4 Å². The van der Waals surface area contributed by atoms with Gasteiger partial charge in [0.2, 0.25) is 0 Å². The molecule has 0 saturated heterocycles. The molecule has 5 nitrogen and oxygen atoms in total. The van der Waals surface area contributed by atoms with Crippen molar-refractivity contribution in [3.8, 4) is 0 Å². The molecule has 0 amide bonds. The highest BCUT2D eigenvalue weighted by Gasteiger charge is 2.15. The van der Waals surface area contributed by atoms with Crippen LogP contribution in [0.3, 0.4) is 0 Å². The summed E-state index contributed by atoms with van der Waals surface area (Å²) in [4.78, 5) is 24.2. The van der Waals surface area contributed by atoms with Crippen LogP contribution in [0.2, 0.25) is 0 Å². The topological polar surface area (TPSA) is 58.6 Å². The molecule has 2 rings (SSSR count). The molecule has 0 aliphatic rings. The van der Waals surface area contributed by atoms with Gasteiger partial charge in [-0.1, -0.05) is 48.5 Å². The SMILES string of the molecule is COC(=O)/C(=C/C(=O)c1ccccc1)NN(C)c1ccccc1. The third-order valence-corrected chi connectivity index (χ3v) is 3.17. The Labute approximate surface area is 135 Å². The number of rotatable bonds is 6. The summed E-state index contributed by atoms with van der Waals surface area (Å²) in [6, 6.07) is 18.1. The van der Waals surface area contributed by atoms with Crippen LogP contribution >= 0.6 is 0 Å². The van der Waals surface area contributed by atoms with E-state index in [1.54, 1.807) is 36.3 Å². The molecule has 0 fully saturated rings. The quantitative estimate of drug-likeness (QED) is 0.384. The molecule has 0 spiro atoms. The second kappa shape index (κ2) is 7.79. The Hall–Kier alpha value is -3.08. The van der Waals surface area contributed by atoms with E-state index in [9.17, 15) is 9.59 Å². The van der Waals surface area contributed by atoms with Crippen LogP contribution in [0.1, 0.15) is 10.4 Å². The van der Waals surface area contributed by atoms with Gasteiger partial charge in [-0.25, -0.2) is 4.79 Å². The minimum absolute atomic E-state index is 0.0627. The summed E-state index contributed by atoms with van der Waals surface area (Å²) in [7, 11) is 3.02. The number of ether oxygens (including phenoxy) is 1. The number of methoxy groups -OCH3 is 1. The molecule has 0 aliphatic heterocycles. The third-order valence-electron chi connectivity index (χ3n) is 3.17. The lowest BCUT2D eigenvalue weighted by atomic mass is 10.1. The van der Waals surface area contributed by atoms with Gasteiger partial charge in [0.05, 0.1) is 12.8 Å². The van der Waals surface area contributed by atoms with Crippen molar-refractivity contribution in [1.29, 1.82) is 0 Å². The number of benzene rings is 2. The maximum Gasteiger partial charge on any atom is 0.356 e. The van der Waals surface area contributed by atoms with E-state index in [2.05, 4.69) is 5.43 Å². The number of hydrogen-bond donors (Lipinski definition) is 1. The van der Waals surface area contributed by atoms with Crippen molar-refractivity contribution in [3.63, 3.8) is 0 Å². The normalized spacial score (nSPS) is 10.8. The van der Waals surface area contributed by atoms with Gasteiger partial charge < -0.3 is 4.74 Å². The van der Waals surface area contributed by atoms with Gasteiger partial charge in [-0.3, -0.25) is 15.2 Å². The number of ketones is 1. The van der Waals surface area contributed by atoms with Gasteiger partial charge in [-0.2, -0.15) is 0 Å². The van der Waals surface area contributed by atoms with E-state index >= 15 is 0 Å². The number of hydrazine groups is 1. The van der Waals surface area contributed by atoms with Gasteiger partial charge in [-0.15, -0.1) is 0 Å². The molecule has 1 N–H and O–H groups in total. The summed E-state index contributed by atoms with van der Waals surface area (Å²) in [6.07, 6.45) is 1.24. The van der Waals surface area contributed by atoms with E-state index in [1.807, 2.05) is 36.4 Å². The molecular weight excluding hydrogens is 292 g/mol. The highest BCUT2D eigenvalue weighted by molar-refractivity contribution is 6.08. The first-order chi connectivity index (χ1) is 11.1. The Kier molecular flexibility index (Phi) is 5.52. The first-order valence-electron chi connectivity index (χ1n) is 7.06. The molecule has 0 bridgehead atoms. The van der Waals surface area contributed by atoms with Crippen molar-refractivity contribution in [3.05, 3.63) is 78.0 Å². The first kappa shape index (κ1) is 16.3. The maximum atomic E-state index is 12.3. The number of esters is 1. The molecular formula is C18H18N2O3. The van der Waals surface area contributed by atoms with E-state index in [0.29, 0.717) is 5.56 Å². The number of allylic oxidation sites excluding steroid dienone is 1. The molecule has 0 aromatic heterocycles. The van der Waals surface area contributed by atoms with Crippen molar-refractivity contribution in [2.24, 2.45) is 0 Å². The molecule has 0 aliphatic carbocycles. The molecule has 0 unspecified atom stereocenters. The zero-order valence-electron chi connectivity index (χ0n) is 13.0. The Morgan fingerprint density at radius 2 is 1.57 bits per heavy atom. The lowest BCUT2D eigenvalue weighted by Gasteiger charge is -2.22. The summed E-state index contributed by atoms with van der Waals surface area (Å²) in [5.74, 6) is -0.892. The van der Waals surface area contributed by atoms with E-state index in [-0.39, 0.29) is 11.5 Å². The van der Waals surface area contributed by atoms with Crippen molar-refractivity contribution < 1.29 is 14.3 Å². The average molecular weight is 310 g/mol. The Morgan fingerprint density at radius 3 is 2.13 bits per heavy atom. The Morgan fingerprint density at radius 1 is 1.00 bits per heavy atom. The second-order valence-corrected chi connectivity index (χ2v) is 4.79. The van der Waals surface area contributed by atoms with Crippen LogP contribution in [0, 0.1) is 0 Å². The molecule has 5 heteroatoms. The van der Waals surface area contributed by atoms with Crippen LogP contribution < -0.4 is 10.4 Å². The van der Waals surface area contributed by atoms with Crippen molar-refractivity contribution in [1.82, 2.24) is 5.43 Å². The molecule has 0 atom stereocenters. The second-order valence-electron chi connectivity index (χ2n) is 4.79. The van der Waals surface area contributed by atoms with Crippen molar-refractivity contribution >= 4 is 17.4 Å². The standard InChI is InChI=1S/C18H18N2O3/c1-20(15-11-7-4-8-12-15)19-16(18(22)23-2)13-17(21)14-9-5-3-6-10-14/h3-13,19H,1-2H3/b16-13-. The summed E-state index contributed by atoms with van der Waals surface area (Å²) >= 11 is 0. The monoisotopic (exact) mass is 310 g/mol. The lowest BCUT2D eigenvalue weighted by molar-refractivity contribution is -0.136. The van der Waals surface area contributed by atoms with Gasteiger partial charge in [0, 0.05) is 18.7 Å². The largest absolute Gasteiger partial charge is 0.464 e. The minimum atomic E-state index is -0.614. The highest BCUT2D eigenvalue weighted by atomic mass is 16.5. The number of para-hydroxylation sites is 1. The van der Waals surface area contributed by atoms with Crippen LogP contribution in [-0.4, -0.2) is 25.9 Å². The lowest BCUT2D eigenvalue weighted by Crippen LogP contribution is -2.37.